The lowest BCUT2D eigenvalue weighted by atomic mass is 10.1. The molecule has 0 unspecified atom stereocenters. The van der Waals surface area contributed by atoms with E-state index in [4.69, 9.17) is 5.73 Å². The van der Waals surface area contributed by atoms with E-state index in [1.54, 1.807) is 17.9 Å². The van der Waals surface area contributed by atoms with Crippen LogP contribution in [0.5, 0.6) is 0 Å². The molecule has 0 aliphatic carbocycles. The van der Waals surface area contributed by atoms with E-state index in [0.717, 1.165) is 15.7 Å². The number of benzene rings is 1. The van der Waals surface area contributed by atoms with Gasteiger partial charge in [0.2, 0.25) is 0 Å². The zero-order chi connectivity index (χ0) is 14.9. The minimum atomic E-state index is -0.203. The highest BCUT2D eigenvalue weighted by atomic mass is 79.9. The number of nitrogens with two attached hydrogens (primary N) is 1. The molecule has 3 N–H and O–H groups in total. The molecule has 0 aliphatic rings. The van der Waals surface area contributed by atoms with Crippen molar-refractivity contribution in [1.29, 1.82) is 0 Å². The quantitative estimate of drug-likeness (QED) is 0.846. The van der Waals surface area contributed by atoms with Crippen LogP contribution in [0.2, 0.25) is 0 Å². The van der Waals surface area contributed by atoms with Crippen LogP contribution in [0.3, 0.4) is 0 Å². The van der Waals surface area contributed by atoms with Crippen molar-refractivity contribution in [2.24, 2.45) is 7.05 Å². The largest absolute Gasteiger partial charge is 0.397 e. The van der Waals surface area contributed by atoms with Crippen LogP contribution in [0.1, 0.15) is 28.5 Å². The minimum Gasteiger partial charge on any atom is -0.397 e. The lowest BCUT2D eigenvalue weighted by Gasteiger charge is -2.11. The monoisotopic (exact) mass is 336 g/mol. The summed E-state index contributed by atoms with van der Waals surface area (Å²) in [6.45, 7) is 3.91. The van der Waals surface area contributed by atoms with Crippen LogP contribution in [-0.2, 0) is 13.5 Å². The van der Waals surface area contributed by atoms with Crippen molar-refractivity contribution in [2.45, 2.75) is 20.3 Å². The summed E-state index contributed by atoms with van der Waals surface area (Å²) < 4.78 is 2.41. The van der Waals surface area contributed by atoms with Gasteiger partial charge in [-0.25, -0.2) is 0 Å². The highest BCUT2D eigenvalue weighted by Crippen LogP contribution is 2.30. The van der Waals surface area contributed by atoms with Gasteiger partial charge in [-0.15, -0.1) is 0 Å². The number of hydrogen-bond acceptors (Lipinski definition) is 3. The molecule has 20 heavy (non-hydrogen) atoms. The van der Waals surface area contributed by atoms with Crippen LogP contribution in [0.25, 0.3) is 0 Å². The smallest absolute Gasteiger partial charge is 0.259 e. The summed E-state index contributed by atoms with van der Waals surface area (Å²) in [7, 11) is 1.80. The van der Waals surface area contributed by atoms with Gasteiger partial charge in [-0.05, 0) is 47.0 Å². The van der Waals surface area contributed by atoms with Gasteiger partial charge in [0, 0.05) is 17.7 Å². The number of nitrogen functional groups attached to an aromatic ring is 1. The molecule has 1 amide bonds. The molecule has 106 valence electrons. The maximum absolute atomic E-state index is 12.4. The second kappa shape index (κ2) is 5.66. The topological polar surface area (TPSA) is 72.9 Å². The normalized spacial score (nSPS) is 10.6. The Labute approximate surface area is 126 Å². The Morgan fingerprint density at radius 2 is 2.20 bits per heavy atom. The SMILES string of the molecule is CCc1nn(C)cc1C(=O)Nc1c(N)cc(C)cc1Br. The molecule has 0 saturated heterocycles. The van der Waals surface area contributed by atoms with Crippen molar-refractivity contribution in [1.82, 2.24) is 9.78 Å². The van der Waals surface area contributed by atoms with Crippen molar-refractivity contribution in [3.63, 3.8) is 0 Å². The van der Waals surface area contributed by atoms with E-state index in [-0.39, 0.29) is 5.91 Å². The first-order chi connectivity index (χ1) is 9.42. The number of halogens is 1. The van der Waals surface area contributed by atoms with E-state index in [1.165, 1.54) is 0 Å². The van der Waals surface area contributed by atoms with Gasteiger partial charge in [0.05, 0.1) is 22.6 Å². The molecule has 1 heterocycles. The van der Waals surface area contributed by atoms with E-state index in [0.29, 0.717) is 23.4 Å². The summed E-state index contributed by atoms with van der Waals surface area (Å²) in [6.07, 6.45) is 2.42. The molecule has 1 aromatic carbocycles. The summed E-state index contributed by atoms with van der Waals surface area (Å²) in [5.74, 6) is -0.203. The fourth-order valence-corrected chi connectivity index (χ4v) is 2.76. The Morgan fingerprint density at radius 1 is 1.50 bits per heavy atom. The highest BCUT2D eigenvalue weighted by molar-refractivity contribution is 9.10. The van der Waals surface area contributed by atoms with E-state index in [1.807, 2.05) is 26.0 Å². The van der Waals surface area contributed by atoms with Crippen LogP contribution in [0.15, 0.2) is 22.8 Å². The minimum absolute atomic E-state index is 0.203. The predicted octanol–water partition coefficient (Wildman–Crippen LogP) is 2.89. The molecule has 0 radical (unpaired) electrons. The molecule has 0 aliphatic heterocycles. The maximum atomic E-state index is 12.4. The number of hydrogen-bond donors (Lipinski definition) is 2. The molecular formula is C14H17BrN4O. The number of nitrogens with one attached hydrogen (secondary N) is 1. The van der Waals surface area contributed by atoms with E-state index in [2.05, 4.69) is 26.3 Å². The van der Waals surface area contributed by atoms with Crippen molar-refractivity contribution in [3.8, 4) is 0 Å². The first-order valence-corrected chi connectivity index (χ1v) is 7.11. The van der Waals surface area contributed by atoms with Gasteiger partial charge in [-0.3, -0.25) is 9.48 Å². The molecule has 2 aromatic rings. The maximum Gasteiger partial charge on any atom is 0.259 e. The standard InChI is InChI=1S/C14H17BrN4O/c1-4-12-9(7-19(3)18-12)14(20)17-13-10(15)5-8(2)6-11(13)16/h5-7H,4,16H2,1-3H3,(H,17,20). The van der Waals surface area contributed by atoms with Crippen LogP contribution in [0.4, 0.5) is 11.4 Å². The number of nitrogens with zero attached hydrogens (tertiary/aromatic N) is 2. The van der Waals surface area contributed by atoms with Gasteiger partial charge in [-0.1, -0.05) is 6.92 Å². The third-order valence-electron chi connectivity index (χ3n) is 2.99. The van der Waals surface area contributed by atoms with Gasteiger partial charge in [0.1, 0.15) is 0 Å². The Morgan fingerprint density at radius 3 is 2.80 bits per heavy atom. The molecule has 0 spiro atoms. The average molecular weight is 337 g/mol. The molecule has 5 nitrogen and oxygen atoms in total. The summed E-state index contributed by atoms with van der Waals surface area (Å²) in [4.78, 5) is 12.4. The molecular weight excluding hydrogens is 320 g/mol. The Hall–Kier alpha value is -1.82. The lowest BCUT2D eigenvalue weighted by molar-refractivity contribution is 0.102. The number of aryl methyl sites for hydroxylation is 3. The zero-order valence-electron chi connectivity index (χ0n) is 11.7. The first-order valence-electron chi connectivity index (χ1n) is 6.31. The molecule has 0 saturated carbocycles. The fraction of sp³-hybridized carbons (Fsp3) is 0.286. The fourth-order valence-electron chi connectivity index (χ4n) is 2.07. The van der Waals surface area contributed by atoms with Gasteiger partial charge in [0.15, 0.2) is 0 Å². The zero-order valence-corrected chi connectivity index (χ0v) is 13.3. The number of amides is 1. The molecule has 2 rings (SSSR count). The number of carbonyl (C=O) groups excluding carboxylic acids is 1. The van der Waals surface area contributed by atoms with E-state index >= 15 is 0 Å². The van der Waals surface area contributed by atoms with Crippen LogP contribution >= 0.6 is 15.9 Å². The van der Waals surface area contributed by atoms with Crippen molar-refractivity contribution >= 4 is 33.2 Å². The number of rotatable bonds is 3. The second-order valence-corrected chi connectivity index (χ2v) is 5.54. The summed E-state index contributed by atoms with van der Waals surface area (Å²) >= 11 is 3.42. The van der Waals surface area contributed by atoms with E-state index < -0.39 is 0 Å². The second-order valence-electron chi connectivity index (χ2n) is 4.68. The van der Waals surface area contributed by atoms with Crippen molar-refractivity contribution < 1.29 is 4.79 Å². The van der Waals surface area contributed by atoms with Crippen LogP contribution in [0, 0.1) is 6.92 Å². The van der Waals surface area contributed by atoms with E-state index in [9.17, 15) is 4.79 Å². The molecule has 6 heteroatoms. The highest BCUT2D eigenvalue weighted by Gasteiger charge is 2.16. The average Bonchev–Trinajstić information content (AvgIpc) is 2.75. The predicted molar refractivity (Wildman–Crippen MR) is 83.8 cm³/mol. The Kier molecular flexibility index (Phi) is 4.13. The molecule has 0 atom stereocenters. The van der Waals surface area contributed by atoms with Crippen molar-refractivity contribution in [3.05, 3.63) is 39.6 Å². The third kappa shape index (κ3) is 2.85. The van der Waals surface area contributed by atoms with Gasteiger partial charge < -0.3 is 11.1 Å². The van der Waals surface area contributed by atoms with Crippen molar-refractivity contribution in [2.75, 3.05) is 11.1 Å². The Balaban J connectivity index is 2.32. The molecule has 1 aromatic heterocycles. The summed E-state index contributed by atoms with van der Waals surface area (Å²) in [5, 5.41) is 7.11. The summed E-state index contributed by atoms with van der Waals surface area (Å²) in [6, 6.07) is 3.74. The third-order valence-corrected chi connectivity index (χ3v) is 3.61. The summed E-state index contributed by atoms with van der Waals surface area (Å²) in [5.41, 5.74) is 9.45. The molecule has 0 bridgehead atoms. The number of carbonyl (C=O) groups is 1. The molecule has 0 fully saturated rings. The van der Waals surface area contributed by atoms with Gasteiger partial charge >= 0.3 is 0 Å². The first kappa shape index (κ1) is 14.6. The van der Waals surface area contributed by atoms with Crippen LogP contribution < -0.4 is 11.1 Å². The van der Waals surface area contributed by atoms with Gasteiger partial charge in [0.25, 0.3) is 5.91 Å². The number of anilines is 2. The van der Waals surface area contributed by atoms with Gasteiger partial charge in [-0.2, -0.15) is 5.10 Å². The van der Waals surface area contributed by atoms with Crippen LogP contribution in [-0.4, -0.2) is 15.7 Å². The number of aromatic nitrogens is 2. The lowest BCUT2D eigenvalue weighted by Crippen LogP contribution is -2.15. The Bertz CT molecular complexity index is 640.